The van der Waals surface area contributed by atoms with E-state index in [1.54, 1.807) is 27.4 Å². The van der Waals surface area contributed by atoms with Crippen LogP contribution in [0, 0.1) is 0 Å². The summed E-state index contributed by atoms with van der Waals surface area (Å²) in [5.74, 6) is 2.56. The average Bonchev–Trinajstić information content (AvgIpc) is 3.28. The van der Waals surface area contributed by atoms with Crippen molar-refractivity contribution in [2.24, 2.45) is 0 Å². The Bertz CT molecular complexity index is 1370. The van der Waals surface area contributed by atoms with Crippen LogP contribution >= 0.6 is 11.8 Å². The molecule has 0 fully saturated rings. The first-order chi connectivity index (χ1) is 17.1. The summed E-state index contributed by atoms with van der Waals surface area (Å²) in [7, 11) is 4.90. The Morgan fingerprint density at radius 1 is 1.00 bits per heavy atom. The van der Waals surface area contributed by atoms with E-state index in [9.17, 15) is 4.79 Å². The standard InChI is InChI=1S/C26H29N3O5S/c1-5-17-7-9-20-19(15-24(30)34-22(20)13-17)16-35-26-28-27-25(29(26)11-6-12-31-2)18-8-10-21(32-3)23(14-18)33-4/h7-10,13-15H,5-6,11-12,16H2,1-4H3. The first kappa shape index (κ1) is 24.8. The van der Waals surface area contributed by atoms with Crippen LogP contribution in [0.2, 0.25) is 0 Å². The summed E-state index contributed by atoms with van der Waals surface area (Å²) in [5, 5.41) is 10.7. The third-order valence-electron chi connectivity index (χ3n) is 5.75. The van der Waals surface area contributed by atoms with E-state index >= 15 is 0 Å². The van der Waals surface area contributed by atoms with Gasteiger partial charge in [-0.3, -0.25) is 0 Å². The van der Waals surface area contributed by atoms with Crippen LogP contribution in [0.5, 0.6) is 11.5 Å². The summed E-state index contributed by atoms with van der Waals surface area (Å²) in [5.41, 5.74) is 3.16. The lowest BCUT2D eigenvalue weighted by molar-refractivity contribution is 0.189. The molecule has 2 heterocycles. The molecular formula is C26H29N3O5S. The van der Waals surface area contributed by atoms with Gasteiger partial charge in [-0.1, -0.05) is 30.8 Å². The van der Waals surface area contributed by atoms with Gasteiger partial charge in [-0.05, 0) is 48.2 Å². The summed E-state index contributed by atoms with van der Waals surface area (Å²) >= 11 is 1.54. The number of ether oxygens (including phenoxy) is 3. The monoisotopic (exact) mass is 495 g/mol. The third kappa shape index (κ3) is 5.52. The van der Waals surface area contributed by atoms with Crippen LogP contribution in [0.1, 0.15) is 24.5 Å². The lowest BCUT2D eigenvalue weighted by atomic mass is 10.1. The second-order valence-corrected chi connectivity index (χ2v) is 8.88. The highest BCUT2D eigenvalue weighted by molar-refractivity contribution is 7.98. The largest absolute Gasteiger partial charge is 0.493 e. The molecule has 0 saturated carbocycles. The fourth-order valence-electron chi connectivity index (χ4n) is 3.91. The average molecular weight is 496 g/mol. The molecule has 0 atom stereocenters. The summed E-state index contributed by atoms with van der Waals surface area (Å²) in [6, 6.07) is 13.3. The summed E-state index contributed by atoms with van der Waals surface area (Å²) < 4.78 is 23.6. The van der Waals surface area contributed by atoms with E-state index in [2.05, 4.69) is 27.8 Å². The summed E-state index contributed by atoms with van der Waals surface area (Å²) in [6.07, 6.45) is 1.68. The number of rotatable bonds is 11. The Hall–Kier alpha value is -3.30. The SMILES string of the molecule is CCc1ccc2c(CSc3nnc(-c4ccc(OC)c(OC)c4)n3CCCOC)cc(=O)oc2c1. The van der Waals surface area contributed by atoms with Gasteiger partial charge in [0, 0.05) is 43.0 Å². The van der Waals surface area contributed by atoms with Gasteiger partial charge in [0.05, 0.1) is 14.2 Å². The van der Waals surface area contributed by atoms with Crippen molar-refractivity contribution in [2.45, 2.75) is 37.2 Å². The van der Waals surface area contributed by atoms with Crippen LogP contribution in [0.4, 0.5) is 0 Å². The minimum absolute atomic E-state index is 0.353. The molecule has 2 aromatic carbocycles. The van der Waals surface area contributed by atoms with Crippen LogP contribution in [-0.2, 0) is 23.5 Å². The van der Waals surface area contributed by atoms with E-state index in [0.29, 0.717) is 36.0 Å². The maximum absolute atomic E-state index is 12.2. The van der Waals surface area contributed by atoms with Crippen LogP contribution in [-0.4, -0.2) is 42.7 Å². The zero-order valence-electron chi connectivity index (χ0n) is 20.4. The highest BCUT2D eigenvalue weighted by Crippen LogP contribution is 2.34. The van der Waals surface area contributed by atoms with E-state index in [0.717, 1.165) is 45.9 Å². The molecule has 0 aliphatic carbocycles. The number of nitrogens with zero attached hydrogens (tertiary/aromatic N) is 3. The lowest BCUT2D eigenvalue weighted by Gasteiger charge is -2.12. The van der Waals surface area contributed by atoms with Crippen molar-refractivity contribution < 1.29 is 18.6 Å². The minimum atomic E-state index is -0.353. The van der Waals surface area contributed by atoms with Crippen molar-refractivity contribution in [3.05, 3.63) is 64.0 Å². The molecule has 2 aromatic heterocycles. The normalized spacial score (nSPS) is 11.2. The Morgan fingerprint density at radius 2 is 1.83 bits per heavy atom. The quantitative estimate of drug-likeness (QED) is 0.164. The van der Waals surface area contributed by atoms with E-state index < -0.39 is 0 Å². The molecule has 35 heavy (non-hydrogen) atoms. The van der Waals surface area contributed by atoms with Gasteiger partial charge in [-0.15, -0.1) is 10.2 Å². The molecule has 0 aliphatic heterocycles. The van der Waals surface area contributed by atoms with Gasteiger partial charge >= 0.3 is 5.63 Å². The van der Waals surface area contributed by atoms with Gasteiger partial charge in [0.1, 0.15) is 5.58 Å². The predicted octanol–water partition coefficient (Wildman–Crippen LogP) is 4.96. The second kappa shape index (κ2) is 11.4. The summed E-state index contributed by atoms with van der Waals surface area (Å²) in [4.78, 5) is 12.2. The molecule has 184 valence electrons. The minimum Gasteiger partial charge on any atom is -0.493 e. The molecule has 4 rings (SSSR count). The molecule has 0 radical (unpaired) electrons. The zero-order chi connectivity index (χ0) is 24.8. The van der Waals surface area contributed by atoms with E-state index in [4.69, 9.17) is 18.6 Å². The topological polar surface area (TPSA) is 88.6 Å². The Kier molecular flexibility index (Phi) is 8.09. The van der Waals surface area contributed by atoms with Gasteiger partial charge < -0.3 is 23.2 Å². The Balaban J connectivity index is 1.67. The molecule has 0 spiro atoms. The van der Waals surface area contributed by atoms with Crippen molar-refractivity contribution in [1.29, 1.82) is 0 Å². The van der Waals surface area contributed by atoms with Crippen molar-refractivity contribution in [1.82, 2.24) is 14.8 Å². The van der Waals surface area contributed by atoms with Crippen LogP contribution in [0.25, 0.3) is 22.4 Å². The third-order valence-corrected chi connectivity index (χ3v) is 6.76. The summed E-state index contributed by atoms with van der Waals surface area (Å²) in [6.45, 7) is 3.38. The van der Waals surface area contributed by atoms with Crippen molar-refractivity contribution >= 4 is 22.7 Å². The first-order valence-corrected chi connectivity index (χ1v) is 12.4. The van der Waals surface area contributed by atoms with Gasteiger partial charge in [-0.25, -0.2) is 4.79 Å². The Morgan fingerprint density at radius 3 is 2.57 bits per heavy atom. The van der Waals surface area contributed by atoms with Crippen molar-refractivity contribution in [2.75, 3.05) is 27.9 Å². The smallest absolute Gasteiger partial charge is 0.336 e. The number of aryl methyl sites for hydroxylation is 1. The molecule has 0 amide bonds. The molecule has 4 aromatic rings. The van der Waals surface area contributed by atoms with E-state index in [1.807, 2.05) is 30.3 Å². The number of benzene rings is 2. The Labute approximate surface area is 208 Å². The second-order valence-electron chi connectivity index (χ2n) is 7.94. The molecule has 0 saturated heterocycles. The fourth-order valence-corrected chi connectivity index (χ4v) is 4.86. The highest BCUT2D eigenvalue weighted by atomic mass is 32.2. The van der Waals surface area contributed by atoms with Crippen LogP contribution in [0.3, 0.4) is 0 Å². The van der Waals surface area contributed by atoms with Crippen LogP contribution < -0.4 is 15.1 Å². The molecule has 0 aliphatic rings. The maximum atomic E-state index is 12.2. The first-order valence-electron chi connectivity index (χ1n) is 11.4. The van der Waals surface area contributed by atoms with Gasteiger partial charge in [0.15, 0.2) is 22.5 Å². The highest BCUT2D eigenvalue weighted by Gasteiger charge is 2.17. The molecule has 8 nitrogen and oxygen atoms in total. The number of fused-ring (bicyclic) bond motifs is 1. The van der Waals surface area contributed by atoms with Crippen molar-refractivity contribution in [3.8, 4) is 22.9 Å². The molecule has 0 unspecified atom stereocenters. The van der Waals surface area contributed by atoms with Crippen molar-refractivity contribution in [3.63, 3.8) is 0 Å². The van der Waals surface area contributed by atoms with Gasteiger partial charge in [-0.2, -0.15) is 0 Å². The van der Waals surface area contributed by atoms with Gasteiger partial charge in [0.2, 0.25) is 0 Å². The number of hydrogen-bond donors (Lipinski definition) is 0. The lowest BCUT2D eigenvalue weighted by Crippen LogP contribution is -2.06. The maximum Gasteiger partial charge on any atom is 0.336 e. The zero-order valence-corrected chi connectivity index (χ0v) is 21.2. The predicted molar refractivity (Wildman–Crippen MR) is 136 cm³/mol. The van der Waals surface area contributed by atoms with E-state index in [1.165, 1.54) is 11.8 Å². The van der Waals surface area contributed by atoms with Crippen LogP contribution in [0.15, 0.2) is 56.8 Å². The molecule has 9 heteroatoms. The molecular weight excluding hydrogens is 466 g/mol. The molecule has 0 N–H and O–H groups in total. The fraction of sp³-hybridized carbons (Fsp3) is 0.346. The molecule has 0 bridgehead atoms. The number of hydrogen-bond acceptors (Lipinski definition) is 8. The number of thioether (sulfide) groups is 1. The number of aromatic nitrogens is 3. The van der Waals surface area contributed by atoms with Gasteiger partial charge in [0.25, 0.3) is 0 Å². The number of methoxy groups -OCH3 is 3. The van der Waals surface area contributed by atoms with E-state index in [-0.39, 0.29) is 5.63 Å².